The molecule has 0 bridgehead atoms. The standard InChI is InChI=1S/C13H16N2O5/c1-7(14-8(2)16)12(17)15-10-6-9(13(18)19)4-5-11(10)20-3/h4-7H,1-3H3,(H,14,16)(H,15,17)(H,18,19). The Labute approximate surface area is 115 Å². The first kappa shape index (κ1) is 15.5. The lowest BCUT2D eigenvalue weighted by atomic mass is 10.1. The molecule has 0 aromatic heterocycles. The third-order valence-electron chi connectivity index (χ3n) is 2.52. The number of amides is 2. The molecule has 0 saturated heterocycles. The van der Waals surface area contributed by atoms with E-state index in [1.54, 1.807) is 0 Å². The van der Waals surface area contributed by atoms with Gasteiger partial charge in [0, 0.05) is 6.92 Å². The van der Waals surface area contributed by atoms with E-state index in [0.29, 0.717) is 5.75 Å². The summed E-state index contributed by atoms with van der Waals surface area (Å²) in [5, 5.41) is 13.9. The van der Waals surface area contributed by atoms with Crippen LogP contribution in [0.2, 0.25) is 0 Å². The van der Waals surface area contributed by atoms with Crippen molar-refractivity contribution < 1.29 is 24.2 Å². The lowest BCUT2D eigenvalue weighted by Crippen LogP contribution is -2.40. The predicted molar refractivity (Wildman–Crippen MR) is 71.9 cm³/mol. The molecule has 1 aromatic carbocycles. The van der Waals surface area contributed by atoms with Crippen LogP contribution in [-0.4, -0.2) is 36.0 Å². The van der Waals surface area contributed by atoms with E-state index in [1.807, 2.05) is 0 Å². The third kappa shape index (κ3) is 3.98. The number of methoxy groups -OCH3 is 1. The third-order valence-corrected chi connectivity index (χ3v) is 2.52. The van der Waals surface area contributed by atoms with Crippen LogP contribution in [0.25, 0.3) is 0 Å². The molecule has 0 saturated carbocycles. The Bertz CT molecular complexity index is 542. The van der Waals surface area contributed by atoms with Gasteiger partial charge in [0.05, 0.1) is 18.4 Å². The zero-order valence-electron chi connectivity index (χ0n) is 11.4. The number of ether oxygens (including phenoxy) is 1. The molecule has 0 heterocycles. The Kier molecular flexibility index (Phi) is 5.08. The first-order valence-electron chi connectivity index (χ1n) is 5.84. The molecule has 2 amide bonds. The summed E-state index contributed by atoms with van der Waals surface area (Å²) < 4.78 is 5.05. The topological polar surface area (TPSA) is 105 Å². The molecule has 108 valence electrons. The van der Waals surface area contributed by atoms with Crippen molar-refractivity contribution in [2.45, 2.75) is 19.9 Å². The summed E-state index contributed by atoms with van der Waals surface area (Å²) in [7, 11) is 1.41. The molecule has 0 radical (unpaired) electrons. The van der Waals surface area contributed by atoms with E-state index in [1.165, 1.54) is 39.2 Å². The highest BCUT2D eigenvalue weighted by atomic mass is 16.5. The van der Waals surface area contributed by atoms with Crippen LogP contribution < -0.4 is 15.4 Å². The van der Waals surface area contributed by atoms with Crippen molar-refractivity contribution in [3.63, 3.8) is 0 Å². The molecule has 7 heteroatoms. The smallest absolute Gasteiger partial charge is 0.335 e. The van der Waals surface area contributed by atoms with Gasteiger partial charge in [-0.15, -0.1) is 0 Å². The van der Waals surface area contributed by atoms with E-state index in [0.717, 1.165) is 0 Å². The lowest BCUT2D eigenvalue weighted by molar-refractivity contribution is -0.124. The van der Waals surface area contributed by atoms with Gasteiger partial charge in [-0.25, -0.2) is 4.79 Å². The summed E-state index contributed by atoms with van der Waals surface area (Å²) in [5.74, 6) is -1.59. The highest BCUT2D eigenvalue weighted by molar-refractivity contribution is 5.99. The van der Waals surface area contributed by atoms with Crippen LogP contribution in [-0.2, 0) is 9.59 Å². The normalized spacial score (nSPS) is 11.3. The first-order chi connectivity index (χ1) is 9.35. The van der Waals surface area contributed by atoms with E-state index in [9.17, 15) is 14.4 Å². The van der Waals surface area contributed by atoms with Crippen LogP contribution in [0.3, 0.4) is 0 Å². The predicted octanol–water partition coefficient (Wildman–Crippen LogP) is 0.856. The monoisotopic (exact) mass is 280 g/mol. The number of carboxylic acids is 1. The maximum absolute atomic E-state index is 11.9. The molecule has 0 aliphatic carbocycles. The average molecular weight is 280 g/mol. The van der Waals surface area contributed by atoms with Crippen LogP contribution in [0.1, 0.15) is 24.2 Å². The number of carboxylic acid groups (broad SMARTS) is 1. The summed E-state index contributed by atoms with van der Waals surface area (Å²) in [6.45, 7) is 2.82. The van der Waals surface area contributed by atoms with Gasteiger partial charge in [-0.3, -0.25) is 9.59 Å². The van der Waals surface area contributed by atoms with Crippen molar-refractivity contribution in [1.29, 1.82) is 0 Å². The van der Waals surface area contributed by atoms with Crippen molar-refractivity contribution in [3.8, 4) is 5.75 Å². The van der Waals surface area contributed by atoms with Gasteiger partial charge in [0.2, 0.25) is 11.8 Å². The van der Waals surface area contributed by atoms with Crippen LogP contribution >= 0.6 is 0 Å². The minimum atomic E-state index is -1.11. The van der Waals surface area contributed by atoms with Gasteiger partial charge in [0.15, 0.2) is 0 Å². The SMILES string of the molecule is COc1ccc(C(=O)O)cc1NC(=O)C(C)NC(C)=O. The molecule has 0 fully saturated rings. The number of aromatic carboxylic acids is 1. The summed E-state index contributed by atoms with van der Waals surface area (Å²) in [6.07, 6.45) is 0. The van der Waals surface area contributed by atoms with Gasteiger partial charge in [-0.1, -0.05) is 0 Å². The first-order valence-corrected chi connectivity index (χ1v) is 5.84. The molecule has 1 aromatic rings. The summed E-state index contributed by atoms with van der Waals surface area (Å²) in [4.78, 5) is 33.7. The summed E-state index contributed by atoms with van der Waals surface area (Å²) in [5.41, 5.74) is 0.253. The van der Waals surface area contributed by atoms with Crippen LogP contribution in [0, 0.1) is 0 Å². The maximum Gasteiger partial charge on any atom is 0.335 e. The minimum absolute atomic E-state index is 0.0216. The van der Waals surface area contributed by atoms with E-state index in [-0.39, 0.29) is 17.2 Å². The summed E-state index contributed by atoms with van der Waals surface area (Å²) in [6, 6.07) is 3.36. The number of nitrogens with one attached hydrogen (secondary N) is 2. The van der Waals surface area contributed by atoms with Crippen molar-refractivity contribution in [2.75, 3.05) is 12.4 Å². The van der Waals surface area contributed by atoms with Gasteiger partial charge in [-0.05, 0) is 25.1 Å². The maximum atomic E-state index is 11.9. The van der Waals surface area contributed by atoms with E-state index in [4.69, 9.17) is 9.84 Å². The molecule has 7 nitrogen and oxygen atoms in total. The Balaban J connectivity index is 2.94. The highest BCUT2D eigenvalue weighted by Gasteiger charge is 2.17. The van der Waals surface area contributed by atoms with E-state index >= 15 is 0 Å². The largest absolute Gasteiger partial charge is 0.495 e. The molecular weight excluding hydrogens is 264 g/mol. The van der Waals surface area contributed by atoms with Gasteiger partial charge in [0.25, 0.3) is 0 Å². The van der Waals surface area contributed by atoms with Crippen molar-refractivity contribution in [1.82, 2.24) is 5.32 Å². The molecule has 3 N–H and O–H groups in total. The number of anilines is 1. The minimum Gasteiger partial charge on any atom is -0.495 e. The van der Waals surface area contributed by atoms with Crippen molar-refractivity contribution >= 4 is 23.5 Å². The number of hydrogen-bond donors (Lipinski definition) is 3. The summed E-state index contributed by atoms with van der Waals surface area (Å²) >= 11 is 0. The molecule has 0 aliphatic heterocycles. The second-order valence-corrected chi connectivity index (χ2v) is 4.13. The fraction of sp³-hybridized carbons (Fsp3) is 0.308. The number of rotatable bonds is 5. The number of carbonyl (C=O) groups excluding carboxylic acids is 2. The quantitative estimate of drug-likeness (QED) is 0.742. The molecule has 0 spiro atoms. The Hall–Kier alpha value is -2.57. The second-order valence-electron chi connectivity index (χ2n) is 4.13. The molecule has 0 aliphatic rings. The van der Waals surface area contributed by atoms with Gasteiger partial charge < -0.3 is 20.5 Å². The zero-order valence-corrected chi connectivity index (χ0v) is 11.4. The highest BCUT2D eigenvalue weighted by Crippen LogP contribution is 2.25. The number of benzene rings is 1. The number of hydrogen-bond acceptors (Lipinski definition) is 4. The van der Waals surface area contributed by atoms with Gasteiger partial charge in [0.1, 0.15) is 11.8 Å². The van der Waals surface area contributed by atoms with Crippen LogP contribution in [0.5, 0.6) is 5.75 Å². The van der Waals surface area contributed by atoms with Crippen molar-refractivity contribution in [3.05, 3.63) is 23.8 Å². The van der Waals surface area contributed by atoms with Crippen LogP contribution in [0.4, 0.5) is 5.69 Å². The second kappa shape index (κ2) is 6.55. The van der Waals surface area contributed by atoms with Crippen LogP contribution in [0.15, 0.2) is 18.2 Å². The van der Waals surface area contributed by atoms with Gasteiger partial charge in [-0.2, -0.15) is 0 Å². The average Bonchev–Trinajstić information content (AvgIpc) is 2.37. The van der Waals surface area contributed by atoms with E-state index in [2.05, 4.69) is 10.6 Å². The van der Waals surface area contributed by atoms with E-state index < -0.39 is 17.9 Å². The Morgan fingerprint density at radius 3 is 2.45 bits per heavy atom. The molecule has 1 rings (SSSR count). The van der Waals surface area contributed by atoms with Gasteiger partial charge >= 0.3 is 5.97 Å². The zero-order chi connectivity index (χ0) is 15.3. The fourth-order valence-electron chi connectivity index (χ4n) is 1.55. The lowest BCUT2D eigenvalue weighted by Gasteiger charge is -2.15. The molecule has 1 atom stereocenters. The Morgan fingerprint density at radius 2 is 1.95 bits per heavy atom. The van der Waals surface area contributed by atoms with Crippen molar-refractivity contribution in [2.24, 2.45) is 0 Å². The molecule has 20 heavy (non-hydrogen) atoms. The molecule has 1 unspecified atom stereocenters. The molecular formula is C13H16N2O5. The Morgan fingerprint density at radius 1 is 1.30 bits per heavy atom. The fourth-order valence-corrected chi connectivity index (χ4v) is 1.55. The number of carbonyl (C=O) groups is 3.